The first-order valence-corrected chi connectivity index (χ1v) is 9.20. The lowest BCUT2D eigenvalue weighted by atomic mass is 9.95. The van der Waals surface area contributed by atoms with Gasteiger partial charge >= 0.3 is 0 Å². The van der Waals surface area contributed by atoms with Gasteiger partial charge in [0.15, 0.2) is 0 Å². The van der Waals surface area contributed by atoms with Gasteiger partial charge in [0.25, 0.3) is 0 Å². The first kappa shape index (κ1) is 14.8. The molecule has 0 radical (unpaired) electrons. The molecule has 1 aromatic rings. The van der Waals surface area contributed by atoms with Gasteiger partial charge in [0.1, 0.15) is 0 Å². The van der Waals surface area contributed by atoms with E-state index in [9.17, 15) is 8.42 Å². The van der Waals surface area contributed by atoms with Crippen molar-refractivity contribution in [3.63, 3.8) is 0 Å². The Bertz CT molecular complexity index is 637. The summed E-state index contributed by atoms with van der Waals surface area (Å²) in [6, 6.07) is 4.80. The average molecular weight is 380 g/mol. The number of halogens is 2. The van der Waals surface area contributed by atoms with Gasteiger partial charge in [0, 0.05) is 17.1 Å². The van der Waals surface area contributed by atoms with Crippen molar-refractivity contribution >= 4 is 37.6 Å². The molecular formula is C13H16BrClN2O2S. The smallest absolute Gasteiger partial charge is 0.243 e. The number of sulfonamides is 1. The van der Waals surface area contributed by atoms with Crippen LogP contribution in [-0.2, 0) is 10.0 Å². The highest BCUT2D eigenvalue weighted by Crippen LogP contribution is 2.37. The van der Waals surface area contributed by atoms with E-state index < -0.39 is 10.0 Å². The zero-order valence-electron chi connectivity index (χ0n) is 11.0. The highest BCUT2D eigenvalue weighted by molar-refractivity contribution is 9.10. The molecule has 2 heterocycles. The van der Waals surface area contributed by atoms with E-state index in [-0.39, 0.29) is 6.04 Å². The van der Waals surface area contributed by atoms with Crippen molar-refractivity contribution in [1.29, 1.82) is 0 Å². The Kier molecular flexibility index (Phi) is 3.88. The Morgan fingerprint density at radius 1 is 1.40 bits per heavy atom. The summed E-state index contributed by atoms with van der Waals surface area (Å²) >= 11 is 9.22. The normalized spacial score (nSPS) is 30.6. The van der Waals surface area contributed by atoms with Gasteiger partial charge in [0.2, 0.25) is 10.0 Å². The zero-order chi connectivity index (χ0) is 14.5. The molecule has 0 amide bonds. The number of nitrogens with one attached hydrogen (secondary N) is 1. The van der Waals surface area contributed by atoms with Crippen molar-refractivity contribution in [1.82, 2.24) is 9.62 Å². The van der Waals surface area contributed by atoms with Crippen LogP contribution < -0.4 is 5.32 Å². The molecule has 1 aromatic carbocycles. The van der Waals surface area contributed by atoms with Gasteiger partial charge in [-0.15, -0.1) is 0 Å². The maximum Gasteiger partial charge on any atom is 0.243 e. The Morgan fingerprint density at radius 2 is 2.15 bits per heavy atom. The van der Waals surface area contributed by atoms with Crippen LogP contribution in [0.25, 0.3) is 0 Å². The van der Waals surface area contributed by atoms with E-state index in [1.165, 1.54) is 0 Å². The van der Waals surface area contributed by atoms with Gasteiger partial charge in [-0.3, -0.25) is 0 Å². The maximum absolute atomic E-state index is 12.8. The molecule has 0 aromatic heterocycles. The largest absolute Gasteiger partial charge is 0.316 e. The van der Waals surface area contributed by atoms with E-state index in [0.29, 0.717) is 32.8 Å². The standard InChI is InChI=1S/C13H16BrClN2O2S/c1-8-11-6-16-5-9(11)7-17(8)20(18,19)10-2-3-13(15)12(14)4-10/h2-4,8-9,11,16H,5-7H2,1H3. The summed E-state index contributed by atoms with van der Waals surface area (Å²) in [6.07, 6.45) is 0. The molecule has 0 aliphatic carbocycles. The van der Waals surface area contributed by atoms with Gasteiger partial charge < -0.3 is 5.32 Å². The second kappa shape index (κ2) is 5.25. The third kappa shape index (κ3) is 2.31. The molecule has 4 nitrogen and oxygen atoms in total. The second-order valence-corrected chi connectivity index (χ2v) is 8.63. The molecule has 110 valence electrons. The molecule has 0 bridgehead atoms. The first-order valence-electron chi connectivity index (χ1n) is 6.59. The molecule has 2 fully saturated rings. The predicted octanol–water partition coefficient (Wildman–Crippen LogP) is 2.33. The van der Waals surface area contributed by atoms with Crippen molar-refractivity contribution in [2.45, 2.75) is 17.9 Å². The molecule has 3 rings (SSSR count). The summed E-state index contributed by atoms with van der Waals surface area (Å²) < 4.78 is 27.8. The topological polar surface area (TPSA) is 49.4 Å². The lowest BCUT2D eigenvalue weighted by Crippen LogP contribution is -2.38. The number of hydrogen-bond donors (Lipinski definition) is 1. The van der Waals surface area contributed by atoms with Crippen molar-refractivity contribution in [2.24, 2.45) is 11.8 Å². The number of rotatable bonds is 2. The van der Waals surface area contributed by atoms with Crippen molar-refractivity contribution in [2.75, 3.05) is 19.6 Å². The summed E-state index contributed by atoms with van der Waals surface area (Å²) in [4.78, 5) is 0.300. The van der Waals surface area contributed by atoms with Crippen LogP contribution in [0.3, 0.4) is 0 Å². The fraction of sp³-hybridized carbons (Fsp3) is 0.538. The Labute approximate surface area is 132 Å². The summed E-state index contributed by atoms with van der Waals surface area (Å²) in [5.41, 5.74) is 0. The molecule has 3 unspecified atom stereocenters. The van der Waals surface area contributed by atoms with E-state index >= 15 is 0 Å². The minimum absolute atomic E-state index is 0.0365. The number of fused-ring (bicyclic) bond motifs is 1. The van der Waals surface area contributed by atoms with E-state index in [4.69, 9.17) is 11.6 Å². The zero-order valence-corrected chi connectivity index (χ0v) is 14.2. The molecule has 3 atom stereocenters. The fourth-order valence-corrected chi connectivity index (χ4v) is 5.63. The van der Waals surface area contributed by atoms with E-state index in [2.05, 4.69) is 21.2 Å². The maximum atomic E-state index is 12.8. The predicted molar refractivity (Wildman–Crippen MR) is 82.4 cm³/mol. The SMILES string of the molecule is CC1C2CNCC2CN1S(=O)(=O)c1ccc(Cl)c(Br)c1. The molecule has 2 aliphatic heterocycles. The van der Waals surface area contributed by atoms with E-state index in [1.54, 1.807) is 22.5 Å². The molecule has 0 spiro atoms. The number of hydrogen-bond acceptors (Lipinski definition) is 3. The van der Waals surface area contributed by atoms with Crippen LogP contribution >= 0.6 is 27.5 Å². The highest BCUT2D eigenvalue weighted by Gasteiger charge is 2.46. The van der Waals surface area contributed by atoms with E-state index in [0.717, 1.165) is 13.1 Å². The molecule has 2 saturated heterocycles. The van der Waals surface area contributed by atoms with Gasteiger partial charge in [-0.05, 0) is 66.0 Å². The Balaban J connectivity index is 1.94. The summed E-state index contributed by atoms with van der Waals surface area (Å²) in [7, 11) is -3.45. The number of nitrogens with zero attached hydrogens (tertiary/aromatic N) is 1. The van der Waals surface area contributed by atoms with Crippen LogP contribution in [0.2, 0.25) is 5.02 Å². The lowest BCUT2D eigenvalue weighted by Gasteiger charge is -2.24. The molecular weight excluding hydrogens is 364 g/mol. The molecule has 20 heavy (non-hydrogen) atoms. The summed E-state index contributed by atoms with van der Waals surface area (Å²) in [5.74, 6) is 0.844. The Morgan fingerprint density at radius 3 is 2.80 bits per heavy atom. The third-order valence-corrected chi connectivity index (χ3v) is 7.54. The molecule has 7 heteroatoms. The van der Waals surface area contributed by atoms with Crippen LogP contribution in [0, 0.1) is 11.8 Å². The quantitative estimate of drug-likeness (QED) is 0.858. The summed E-state index contributed by atoms with van der Waals surface area (Å²) in [6.45, 7) is 4.41. The monoisotopic (exact) mass is 378 g/mol. The highest BCUT2D eigenvalue weighted by atomic mass is 79.9. The van der Waals surface area contributed by atoms with Crippen molar-refractivity contribution in [3.8, 4) is 0 Å². The minimum Gasteiger partial charge on any atom is -0.316 e. The average Bonchev–Trinajstić information content (AvgIpc) is 2.96. The number of benzene rings is 1. The van der Waals surface area contributed by atoms with Crippen LogP contribution in [0.4, 0.5) is 0 Å². The van der Waals surface area contributed by atoms with Gasteiger partial charge in [-0.1, -0.05) is 11.6 Å². The second-order valence-electron chi connectivity index (χ2n) is 5.47. The van der Waals surface area contributed by atoms with Crippen LogP contribution in [0.1, 0.15) is 6.92 Å². The van der Waals surface area contributed by atoms with Gasteiger partial charge in [-0.2, -0.15) is 4.31 Å². The lowest BCUT2D eigenvalue weighted by molar-refractivity contribution is 0.360. The minimum atomic E-state index is -3.45. The third-order valence-electron chi connectivity index (χ3n) is 4.38. The molecule has 1 N–H and O–H groups in total. The van der Waals surface area contributed by atoms with Crippen LogP contribution in [0.15, 0.2) is 27.6 Å². The van der Waals surface area contributed by atoms with E-state index in [1.807, 2.05) is 6.92 Å². The van der Waals surface area contributed by atoms with Gasteiger partial charge in [-0.25, -0.2) is 8.42 Å². The van der Waals surface area contributed by atoms with Crippen LogP contribution in [0.5, 0.6) is 0 Å². The van der Waals surface area contributed by atoms with Crippen molar-refractivity contribution in [3.05, 3.63) is 27.7 Å². The van der Waals surface area contributed by atoms with Gasteiger partial charge in [0.05, 0.1) is 9.92 Å². The molecule has 0 saturated carbocycles. The molecule has 2 aliphatic rings. The van der Waals surface area contributed by atoms with Crippen LogP contribution in [-0.4, -0.2) is 38.4 Å². The fourth-order valence-electron chi connectivity index (χ4n) is 3.22. The van der Waals surface area contributed by atoms with Crippen molar-refractivity contribution < 1.29 is 8.42 Å². The Hall–Kier alpha value is -0.140. The first-order chi connectivity index (χ1) is 9.41. The summed E-state index contributed by atoms with van der Waals surface area (Å²) in [5, 5.41) is 3.85.